The molecule has 0 unspecified atom stereocenters. The predicted octanol–water partition coefficient (Wildman–Crippen LogP) is 4.45. The molecule has 1 N–H and O–H groups in total. The first kappa shape index (κ1) is 13.0. The maximum atomic E-state index is 11.3. The Bertz CT molecular complexity index is 661. The second-order valence-electron chi connectivity index (χ2n) is 4.63. The van der Waals surface area contributed by atoms with E-state index in [0.717, 1.165) is 27.7 Å². The summed E-state index contributed by atoms with van der Waals surface area (Å²) in [5, 5.41) is 9.96. The van der Waals surface area contributed by atoms with Crippen LogP contribution >= 0.6 is 34.2 Å². The maximum Gasteiger partial charge on any atom is 0.352 e. The predicted molar refractivity (Wildman–Crippen MR) is 82.8 cm³/mol. The Morgan fingerprint density at radius 2 is 2.05 bits per heavy atom. The van der Waals surface area contributed by atoms with Gasteiger partial charge in [-0.25, -0.2) is 4.79 Å². The monoisotopic (exact) mass is 387 g/mol. The number of hydrogen-bond donors (Lipinski definition) is 1. The molecule has 2 aromatic rings. The van der Waals surface area contributed by atoms with E-state index in [2.05, 4.69) is 22.6 Å². The summed E-state index contributed by atoms with van der Waals surface area (Å²) < 4.78 is 2.97. The van der Waals surface area contributed by atoms with Crippen LogP contribution in [0.2, 0.25) is 5.02 Å². The third kappa shape index (κ3) is 2.39. The SMILES string of the molecule is O=C(O)c1ccc(-c2ccc(Cl)cc2I)n1C1CC1. The van der Waals surface area contributed by atoms with Crippen LogP contribution in [0.4, 0.5) is 0 Å². The summed E-state index contributed by atoms with van der Waals surface area (Å²) in [7, 11) is 0. The van der Waals surface area contributed by atoms with Gasteiger partial charge in [0.05, 0.1) is 0 Å². The van der Waals surface area contributed by atoms with Gasteiger partial charge in [0.1, 0.15) is 5.69 Å². The summed E-state index contributed by atoms with van der Waals surface area (Å²) in [5.41, 5.74) is 2.36. The van der Waals surface area contributed by atoms with Crippen molar-refractivity contribution in [1.82, 2.24) is 4.57 Å². The zero-order chi connectivity index (χ0) is 13.6. The molecular weight excluding hydrogens is 377 g/mol. The van der Waals surface area contributed by atoms with Crippen molar-refractivity contribution in [3.63, 3.8) is 0 Å². The topological polar surface area (TPSA) is 42.2 Å². The van der Waals surface area contributed by atoms with Crippen molar-refractivity contribution in [1.29, 1.82) is 0 Å². The first-order valence-electron chi connectivity index (χ1n) is 5.98. The molecule has 3 nitrogen and oxygen atoms in total. The minimum Gasteiger partial charge on any atom is -0.477 e. The summed E-state index contributed by atoms with van der Waals surface area (Å²) in [5.74, 6) is -0.873. The molecule has 98 valence electrons. The molecule has 1 fully saturated rings. The van der Waals surface area contributed by atoms with Crippen LogP contribution in [0.15, 0.2) is 30.3 Å². The van der Waals surface area contributed by atoms with Gasteiger partial charge in [0.15, 0.2) is 0 Å². The highest BCUT2D eigenvalue weighted by Crippen LogP contribution is 2.41. The number of benzene rings is 1. The fourth-order valence-electron chi connectivity index (χ4n) is 2.27. The molecule has 0 spiro atoms. The molecule has 5 heteroatoms. The van der Waals surface area contributed by atoms with Crippen LogP contribution in [0.1, 0.15) is 29.4 Å². The molecule has 1 aromatic heterocycles. The van der Waals surface area contributed by atoms with Gasteiger partial charge >= 0.3 is 5.97 Å². The van der Waals surface area contributed by atoms with E-state index in [4.69, 9.17) is 11.6 Å². The lowest BCUT2D eigenvalue weighted by molar-refractivity contribution is 0.0685. The van der Waals surface area contributed by atoms with Crippen molar-refractivity contribution in [3.8, 4) is 11.3 Å². The van der Waals surface area contributed by atoms with Gasteiger partial charge in [-0.15, -0.1) is 0 Å². The number of carbonyl (C=O) groups is 1. The quantitative estimate of drug-likeness (QED) is 0.791. The summed E-state index contributed by atoms with van der Waals surface area (Å²) in [4.78, 5) is 11.3. The van der Waals surface area contributed by atoms with Gasteiger partial charge in [0.2, 0.25) is 0 Å². The van der Waals surface area contributed by atoms with Crippen molar-refractivity contribution in [2.45, 2.75) is 18.9 Å². The average molecular weight is 388 g/mol. The number of hydrogen-bond acceptors (Lipinski definition) is 1. The van der Waals surface area contributed by atoms with E-state index < -0.39 is 5.97 Å². The first-order chi connectivity index (χ1) is 9.08. The van der Waals surface area contributed by atoms with E-state index in [0.29, 0.717) is 16.8 Å². The Morgan fingerprint density at radius 1 is 1.32 bits per heavy atom. The van der Waals surface area contributed by atoms with Crippen LogP contribution in [-0.4, -0.2) is 15.6 Å². The first-order valence-corrected chi connectivity index (χ1v) is 7.43. The Morgan fingerprint density at radius 3 is 2.63 bits per heavy atom. The standard InChI is InChI=1S/C14H11ClINO2/c15-8-1-4-10(11(16)7-8)12-5-6-13(14(18)19)17(12)9-2-3-9/h1,4-7,9H,2-3H2,(H,18,19). The Hall–Kier alpha value is -1.01. The number of carboxylic acid groups (broad SMARTS) is 1. The van der Waals surface area contributed by atoms with Crippen molar-refractivity contribution < 1.29 is 9.90 Å². The van der Waals surface area contributed by atoms with Gasteiger partial charge in [-0.2, -0.15) is 0 Å². The molecular formula is C14H11ClINO2. The highest BCUT2D eigenvalue weighted by Gasteiger charge is 2.30. The fraction of sp³-hybridized carbons (Fsp3) is 0.214. The van der Waals surface area contributed by atoms with E-state index in [9.17, 15) is 9.90 Å². The lowest BCUT2D eigenvalue weighted by Crippen LogP contribution is -2.08. The number of rotatable bonds is 3. The molecule has 0 amide bonds. The molecule has 0 aliphatic heterocycles. The van der Waals surface area contributed by atoms with Crippen LogP contribution in [0.25, 0.3) is 11.3 Å². The van der Waals surface area contributed by atoms with E-state index in [1.165, 1.54) is 0 Å². The number of halogens is 2. The van der Waals surface area contributed by atoms with Gasteiger partial charge in [-0.3, -0.25) is 0 Å². The maximum absolute atomic E-state index is 11.3. The van der Waals surface area contributed by atoms with Crippen molar-refractivity contribution in [2.75, 3.05) is 0 Å². The smallest absolute Gasteiger partial charge is 0.352 e. The Labute approximate surface area is 129 Å². The lowest BCUT2D eigenvalue weighted by atomic mass is 10.1. The Balaban J connectivity index is 2.17. The van der Waals surface area contributed by atoms with Crippen molar-refractivity contribution in [3.05, 3.63) is 44.6 Å². The Kier molecular flexibility index (Phi) is 3.30. The molecule has 0 atom stereocenters. The molecule has 3 rings (SSSR count). The van der Waals surface area contributed by atoms with Gasteiger partial charge < -0.3 is 9.67 Å². The number of aromatic nitrogens is 1. The second-order valence-corrected chi connectivity index (χ2v) is 6.23. The van der Waals surface area contributed by atoms with Gasteiger partial charge in [0.25, 0.3) is 0 Å². The molecule has 0 bridgehead atoms. The van der Waals surface area contributed by atoms with E-state index >= 15 is 0 Å². The zero-order valence-corrected chi connectivity index (χ0v) is 12.9. The van der Waals surface area contributed by atoms with Crippen LogP contribution in [0.3, 0.4) is 0 Å². The van der Waals surface area contributed by atoms with Crippen LogP contribution in [-0.2, 0) is 0 Å². The largest absolute Gasteiger partial charge is 0.477 e. The molecule has 1 aliphatic carbocycles. The minimum absolute atomic E-state index is 0.322. The van der Waals surface area contributed by atoms with E-state index in [-0.39, 0.29) is 0 Å². The molecule has 0 radical (unpaired) electrons. The highest BCUT2D eigenvalue weighted by atomic mass is 127. The number of carboxylic acids is 1. The molecule has 19 heavy (non-hydrogen) atoms. The summed E-state index contributed by atoms with van der Waals surface area (Å²) in [6.07, 6.45) is 2.10. The molecule has 1 heterocycles. The second kappa shape index (κ2) is 4.83. The lowest BCUT2D eigenvalue weighted by Gasteiger charge is -2.12. The van der Waals surface area contributed by atoms with Gasteiger partial charge in [-0.1, -0.05) is 17.7 Å². The average Bonchev–Trinajstić information content (AvgIpc) is 3.08. The molecule has 1 aromatic carbocycles. The van der Waals surface area contributed by atoms with Crippen molar-refractivity contribution in [2.24, 2.45) is 0 Å². The van der Waals surface area contributed by atoms with Gasteiger partial charge in [0, 0.05) is 25.9 Å². The third-order valence-corrected chi connectivity index (χ3v) is 4.38. The number of aromatic carboxylic acids is 1. The summed E-state index contributed by atoms with van der Waals surface area (Å²) >= 11 is 8.20. The minimum atomic E-state index is -0.873. The highest BCUT2D eigenvalue weighted by molar-refractivity contribution is 14.1. The fourth-order valence-corrected chi connectivity index (χ4v) is 3.41. The molecule has 1 aliphatic rings. The van der Waals surface area contributed by atoms with E-state index in [1.54, 1.807) is 6.07 Å². The summed E-state index contributed by atoms with van der Waals surface area (Å²) in [6, 6.07) is 9.56. The van der Waals surface area contributed by atoms with Crippen molar-refractivity contribution >= 4 is 40.2 Å². The van der Waals surface area contributed by atoms with Crippen LogP contribution in [0.5, 0.6) is 0 Å². The summed E-state index contributed by atoms with van der Waals surface area (Å²) in [6.45, 7) is 0. The van der Waals surface area contributed by atoms with Gasteiger partial charge in [-0.05, 0) is 59.7 Å². The van der Waals surface area contributed by atoms with Crippen LogP contribution < -0.4 is 0 Å². The molecule has 0 saturated heterocycles. The zero-order valence-electron chi connectivity index (χ0n) is 9.94. The third-order valence-electron chi connectivity index (χ3n) is 3.26. The van der Waals surface area contributed by atoms with E-state index in [1.807, 2.05) is 28.8 Å². The number of nitrogens with zero attached hydrogens (tertiary/aromatic N) is 1. The van der Waals surface area contributed by atoms with Crippen LogP contribution in [0, 0.1) is 3.57 Å². The normalized spacial score (nSPS) is 14.6. The molecule has 1 saturated carbocycles.